The summed E-state index contributed by atoms with van der Waals surface area (Å²) < 4.78 is 0. The lowest BCUT2D eigenvalue weighted by molar-refractivity contribution is -0.127. The van der Waals surface area contributed by atoms with E-state index >= 15 is 0 Å². The Morgan fingerprint density at radius 2 is 1.97 bits per heavy atom. The predicted octanol–water partition coefficient (Wildman–Crippen LogP) is 3.48. The zero-order valence-corrected chi connectivity index (χ0v) is 21.6. The van der Waals surface area contributed by atoms with Crippen molar-refractivity contribution in [1.82, 2.24) is 24.8 Å². The van der Waals surface area contributed by atoms with Crippen molar-refractivity contribution in [1.29, 1.82) is 0 Å². The van der Waals surface area contributed by atoms with Gasteiger partial charge in [0.2, 0.25) is 5.91 Å². The van der Waals surface area contributed by atoms with Crippen LogP contribution in [-0.2, 0) is 11.2 Å². The minimum atomic E-state index is -0.0361. The summed E-state index contributed by atoms with van der Waals surface area (Å²) in [6, 6.07) is 9.28. The van der Waals surface area contributed by atoms with E-state index in [-0.39, 0.29) is 11.8 Å². The number of likely N-dealkylation sites (N-methyl/N-ethyl adjacent to an activating group) is 1. The van der Waals surface area contributed by atoms with Gasteiger partial charge in [-0.25, -0.2) is 15.0 Å². The van der Waals surface area contributed by atoms with E-state index in [1.54, 1.807) is 23.5 Å². The monoisotopic (exact) mass is 496 g/mol. The molecule has 2 amide bonds. The summed E-state index contributed by atoms with van der Waals surface area (Å²) in [6.07, 6.45) is 5.40. The molecule has 1 aliphatic rings. The summed E-state index contributed by atoms with van der Waals surface area (Å²) in [4.78, 5) is 42.0. The van der Waals surface area contributed by atoms with E-state index in [1.165, 1.54) is 0 Å². The number of nitrogen functional groups attached to an aromatic ring is 1. The number of benzene rings is 1. The van der Waals surface area contributed by atoms with Crippen LogP contribution >= 0.6 is 0 Å². The summed E-state index contributed by atoms with van der Waals surface area (Å²) in [6.45, 7) is 8.37. The zero-order valence-electron chi connectivity index (χ0n) is 21.6. The second kappa shape index (κ2) is 11.7. The van der Waals surface area contributed by atoms with E-state index in [0.717, 1.165) is 46.6 Å². The Hall–Kier alpha value is -4.25. The fourth-order valence-electron chi connectivity index (χ4n) is 4.46. The van der Waals surface area contributed by atoms with E-state index in [9.17, 15) is 9.59 Å². The summed E-state index contributed by atoms with van der Waals surface area (Å²) in [5, 5.41) is 0. The molecule has 0 bridgehead atoms. The highest BCUT2D eigenvalue weighted by Crippen LogP contribution is 2.26. The minimum absolute atomic E-state index is 0.0361. The molecular formula is C29H32N6O2. The third-order valence-electron chi connectivity index (χ3n) is 6.59. The van der Waals surface area contributed by atoms with Gasteiger partial charge in [0.15, 0.2) is 0 Å². The Morgan fingerprint density at radius 1 is 1.14 bits per heavy atom. The highest BCUT2D eigenvalue weighted by atomic mass is 16.2. The molecule has 4 rings (SSSR count). The maximum Gasteiger partial charge on any atom is 0.254 e. The average Bonchev–Trinajstić information content (AvgIpc) is 3.32. The first kappa shape index (κ1) is 25.8. The van der Waals surface area contributed by atoms with Crippen LogP contribution in [0.4, 0.5) is 5.82 Å². The molecule has 3 heterocycles. The zero-order chi connectivity index (χ0) is 26.4. The van der Waals surface area contributed by atoms with E-state index in [1.807, 2.05) is 49.9 Å². The first-order valence-electron chi connectivity index (χ1n) is 12.7. The molecule has 8 nitrogen and oxygen atoms in total. The molecule has 0 atom stereocenters. The summed E-state index contributed by atoms with van der Waals surface area (Å²) in [5.41, 5.74) is 11.1. The molecule has 0 aliphatic carbocycles. The van der Waals surface area contributed by atoms with Crippen molar-refractivity contribution >= 4 is 17.6 Å². The largest absolute Gasteiger partial charge is 0.384 e. The minimum Gasteiger partial charge on any atom is -0.384 e. The van der Waals surface area contributed by atoms with Gasteiger partial charge < -0.3 is 15.5 Å². The number of nitrogens with zero attached hydrogens (tertiary/aromatic N) is 5. The highest BCUT2D eigenvalue weighted by Gasteiger charge is 2.23. The molecule has 1 saturated heterocycles. The lowest BCUT2D eigenvalue weighted by atomic mass is 9.98. The van der Waals surface area contributed by atoms with Crippen LogP contribution in [0.3, 0.4) is 0 Å². The lowest BCUT2D eigenvalue weighted by Crippen LogP contribution is -2.39. The van der Waals surface area contributed by atoms with Gasteiger partial charge in [0, 0.05) is 55.5 Å². The quantitative estimate of drug-likeness (QED) is 0.502. The second-order valence-corrected chi connectivity index (χ2v) is 9.02. The molecule has 0 spiro atoms. The Bertz CT molecular complexity index is 1360. The van der Waals surface area contributed by atoms with Crippen molar-refractivity contribution < 1.29 is 9.59 Å². The number of aryl methyl sites for hydroxylation is 2. The topological polar surface area (TPSA) is 105 Å². The molecule has 2 aromatic heterocycles. The van der Waals surface area contributed by atoms with E-state index in [0.29, 0.717) is 43.9 Å². The Balaban J connectivity index is 1.60. The van der Waals surface area contributed by atoms with E-state index in [2.05, 4.69) is 26.8 Å². The van der Waals surface area contributed by atoms with Crippen LogP contribution in [-0.4, -0.2) is 62.7 Å². The molecule has 3 aromatic rings. The third-order valence-corrected chi connectivity index (χ3v) is 6.59. The standard InChI is InChI=1S/C29H32N6O2/c1-4-25-24(11-8-21-9-13-26(30)31-18-21)28(33-19-32-25)22-10-12-23(20(3)17-22)29(37)34(5-2)15-16-35-14-6-7-27(35)36/h9-10,12-13,17-19H,4-7,14-16H2,1-3H3,(H2,30,31). The van der Waals surface area contributed by atoms with Gasteiger partial charge in [-0.05, 0) is 56.5 Å². The van der Waals surface area contributed by atoms with Crippen LogP contribution in [0.15, 0.2) is 42.9 Å². The molecule has 37 heavy (non-hydrogen) atoms. The van der Waals surface area contributed by atoms with Gasteiger partial charge in [0.1, 0.15) is 12.1 Å². The lowest BCUT2D eigenvalue weighted by Gasteiger charge is -2.25. The number of carbonyl (C=O) groups excluding carboxylic acids is 2. The van der Waals surface area contributed by atoms with Crippen LogP contribution in [0.25, 0.3) is 11.3 Å². The van der Waals surface area contributed by atoms with E-state index < -0.39 is 0 Å². The molecule has 190 valence electrons. The number of hydrogen-bond donors (Lipinski definition) is 1. The molecule has 1 aliphatic heterocycles. The van der Waals surface area contributed by atoms with Gasteiger partial charge in [-0.15, -0.1) is 0 Å². The highest BCUT2D eigenvalue weighted by molar-refractivity contribution is 5.96. The van der Waals surface area contributed by atoms with Crippen molar-refractivity contribution in [2.45, 2.75) is 40.0 Å². The average molecular weight is 497 g/mol. The van der Waals surface area contributed by atoms with Gasteiger partial charge in [0.05, 0.1) is 17.0 Å². The van der Waals surface area contributed by atoms with Crippen molar-refractivity contribution in [3.05, 3.63) is 70.8 Å². The van der Waals surface area contributed by atoms with Crippen LogP contribution in [0.1, 0.15) is 59.4 Å². The normalized spacial score (nSPS) is 12.8. The SMILES string of the molecule is CCc1ncnc(-c2ccc(C(=O)N(CC)CCN3CCCC3=O)c(C)c2)c1C#Cc1ccc(N)nc1. The molecule has 0 unspecified atom stereocenters. The molecule has 1 aromatic carbocycles. The van der Waals surface area contributed by atoms with Gasteiger partial charge in [-0.2, -0.15) is 0 Å². The maximum absolute atomic E-state index is 13.3. The first-order valence-corrected chi connectivity index (χ1v) is 12.7. The summed E-state index contributed by atoms with van der Waals surface area (Å²) in [5.74, 6) is 6.96. The number of pyridine rings is 1. The summed E-state index contributed by atoms with van der Waals surface area (Å²) in [7, 11) is 0. The number of hydrogen-bond acceptors (Lipinski definition) is 6. The molecule has 2 N–H and O–H groups in total. The van der Waals surface area contributed by atoms with Crippen LogP contribution < -0.4 is 5.73 Å². The molecule has 1 fully saturated rings. The number of rotatable bonds is 7. The van der Waals surface area contributed by atoms with Crippen molar-refractivity contribution in [2.75, 3.05) is 31.9 Å². The van der Waals surface area contributed by atoms with Crippen molar-refractivity contribution in [3.63, 3.8) is 0 Å². The third kappa shape index (κ3) is 5.95. The Morgan fingerprint density at radius 3 is 2.62 bits per heavy atom. The number of carbonyl (C=O) groups is 2. The molecular weight excluding hydrogens is 464 g/mol. The van der Waals surface area contributed by atoms with Crippen molar-refractivity contribution in [2.24, 2.45) is 0 Å². The molecule has 0 radical (unpaired) electrons. The Labute approximate surface area is 217 Å². The van der Waals surface area contributed by atoms with Crippen molar-refractivity contribution in [3.8, 4) is 23.1 Å². The second-order valence-electron chi connectivity index (χ2n) is 9.02. The van der Waals surface area contributed by atoms with E-state index in [4.69, 9.17) is 5.73 Å². The van der Waals surface area contributed by atoms with Gasteiger partial charge >= 0.3 is 0 Å². The fraction of sp³-hybridized carbons (Fsp3) is 0.345. The summed E-state index contributed by atoms with van der Waals surface area (Å²) >= 11 is 0. The number of amides is 2. The van der Waals surface area contributed by atoms with Gasteiger partial charge in [0.25, 0.3) is 5.91 Å². The number of anilines is 1. The molecule has 0 saturated carbocycles. The predicted molar refractivity (Wildman–Crippen MR) is 144 cm³/mol. The molecule has 8 heteroatoms. The van der Waals surface area contributed by atoms with Gasteiger partial charge in [-0.3, -0.25) is 9.59 Å². The van der Waals surface area contributed by atoms with Crippen LogP contribution in [0, 0.1) is 18.8 Å². The number of aromatic nitrogens is 3. The van der Waals surface area contributed by atoms with Crippen LogP contribution in [0.2, 0.25) is 0 Å². The smallest absolute Gasteiger partial charge is 0.254 e. The maximum atomic E-state index is 13.3. The fourth-order valence-corrected chi connectivity index (χ4v) is 4.46. The number of likely N-dealkylation sites (tertiary alicyclic amines) is 1. The van der Waals surface area contributed by atoms with Gasteiger partial charge in [-0.1, -0.05) is 24.8 Å². The Kier molecular flexibility index (Phi) is 8.14. The first-order chi connectivity index (χ1) is 17.9. The number of nitrogens with two attached hydrogens (primary N) is 1. The van der Waals surface area contributed by atoms with Crippen LogP contribution in [0.5, 0.6) is 0 Å².